The number of halogens is 2. The van der Waals surface area contributed by atoms with Gasteiger partial charge in [-0.05, 0) is 61.9 Å². The van der Waals surface area contributed by atoms with Gasteiger partial charge in [0.1, 0.15) is 0 Å². The Morgan fingerprint density at radius 2 is 2.14 bits per heavy atom. The average molecular weight is 345 g/mol. The van der Waals surface area contributed by atoms with Crippen molar-refractivity contribution < 1.29 is 4.79 Å². The summed E-state index contributed by atoms with van der Waals surface area (Å²) in [5, 5.41) is 7.19. The van der Waals surface area contributed by atoms with Crippen LogP contribution in [0.25, 0.3) is 0 Å². The fraction of sp³-hybridized carbons (Fsp3) is 0.588. The number of carbonyl (C=O) groups is 1. The molecule has 1 aliphatic rings. The number of hydrogen-bond acceptors (Lipinski definition) is 2. The van der Waals surface area contributed by atoms with Gasteiger partial charge in [0, 0.05) is 18.0 Å². The summed E-state index contributed by atoms with van der Waals surface area (Å²) in [4.78, 5) is 12.0. The highest BCUT2D eigenvalue weighted by atomic mass is 35.5. The first-order valence-electron chi connectivity index (χ1n) is 7.87. The van der Waals surface area contributed by atoms with Crippen LogP contribution in [0.2, 0.25) is 5.02 Å². The van der Waals surface area contributed by atoms with E-state index < -0.39 is 0 Å². The number of rotatable bonds is 6. The Balaban J connectivity index is 0.00000242. The molecule has 1 aromatic carbocycles. The third-order valence-electron chi connectivity index (χ3n) is 4.30. The zero-order valence-corrected chi connectivity index (χ0v) is 14.7. The molecule has 0 bridgehead atoms. The van der Waals surface area contributed by atoms with E-state index in [0.717, 1.165) is 24.5 Å². The topological polar surface area (TPSA) is 41.1 Å². The third-order valence-corrected chi connectivity index (χ3v) is 4.55. The molecular weight excluding hydrogens is 319 g/mol. The van der Waals surface area contributed by atoms with E-state index in [0.29, 0.717) is 24.8 Å². The molecule has 1 aromatic rings. The van der Waals surface area contributed by atoms with Crippen molar-refractivity contribution >= 4 is 29.9 Å². The Kier molecular flexibility index (Phi) is 8.84. The Labute approximate surface area is 144 Å². The maximum Gasteiger partial charge on any atom is 0.220 e. The first-order chi connectivity index (χ1) is 10.1. The number of nitrogens with one attached hydrogen (secondary N) is 2. The number of carbonyl (C=O) groups excluding carboxylic acids is 1. The van der Waals surface area contributed by atoms with E-state index >= 15 is 0 Å². The van der Waals surface area contributed by atoms with Gasteiger partial charge in [-0.3, -0.25) is 4.79 Å². The number of amides is 1. The van der Waals surface area contributed by atoms with Gasteiger partial charge in [-0.25, -0.2) is 0 Å². The first kappa shape index (κ1) is 19.3. The predicted molar refractivity (Wildman–Crippen MR) is 94.8 cm³/mol. The molecule has 1 amide bonds. The third kappa shape index (κ3) is 6.55. The van der Waals surface area contributed by atoms with Crippen LogP contribution < -0.4 is 10.6 Å². The van der Waals surface area contributed by atoms with Gasteiger partial charge in [0.25, 0.3) is 0 Å². The molecule has 0 aliphatic carbocycles. The monoisotopic (exact) mass is 344 g/mol. The lowest BCUT2D eigenvalue weighted by Crippen LogP contribution is -2.36. The van der Waals surface area contributed by atoms with Crippen molar-refractivity contribution in [2.24, 2.45) is 11.8 Å². The lowest BCUT2D eigenvalue weighted by atomic mass is 9.85. The maximum atomic E-state index is 12.0. The van der Waals surface area contributed by atoms with Crippen LogP contribution in [0.15, 0.2) is 24.3 Å². The molecule has 1 fully saturated rings. The lowest BCUT2D eigenvalue weighted by Gasteiger charge is -2.28. The Morgan fingerprint density at radius 3 is 2.77 bits per heavy atom. The zero-order valence-electron chi connectivity index (χ0n) is 13.1. The summed E-state index contributed by atoms with van der Waals surface area (Å²) < 4.78 is 0. The van der Waals surface area contributed by atoms with Gasteiger partial charge in [0.15, 0.2) is 0 Å². The quantitative estimate of drug-likeness (QED) is 0.829. The van der Waals surface area contributed by atoms with Crippen molar-refractivity contribution in [3.8, 4) is 0 Å². The Morgan fingerprint density at radius 1 is 1.41 bits per heavy atom. The molecule has 1 heterocycles. The smallest absolute Gasteiger partial charge is 0.220 e. The highest BCUT2D eigenvalue weighted by Crippen LogP contribution is 2.22. The minimum absolute atomic E-state index is 0. The van der Waals surface area contributed by atoms with E-state index in [1.54, 1.807) is 0 Å². The number of piperidine rings is 1. The summed E-state index contributed by atoms with van der Waals surface area (Å²) in [6.07, 6.45) is 3.95. The van der Waals surface area contributed by atoms with Crippen molar-refractivity contribution in [3.63, 3.8) is 0 Å². The standard InChI is InChI=1S/C17H25ClN2O.ClH/c1-13(15-3-2-9-19-12-15)11-17(21)20-10-8-14-4-6-16(18)7-5-14;/h4-7,13,15,19H,2-3,8-12H2,1H3,(H,20,21);1H. The molecule has 2 unspecified atom stereocenters. The highest BCUT2D eigenvalue weighted by molar-refractivity contribution is 6.30. The summed E-state index contributed by atoms with van der Waals surface area (Å²) in [6.45, 7) is 5.06. The van der Waals surface area contributed by atoms with Crippen molar-refractivity contribution in [1.82, 2.24) is 10.6 Å². The van der Waals surface area contributed by atoms with E-state index in [9.17, 15) is 4.79 Å². The zero-order chi connectivity index (χ0) is 15.1. The molecule has 2 rings (SSSR count). The average Bonchev–Trinajstić information content (AvgIpc) is 2.50. The molecule has 0 radical (unpaired) electrons. The van der Waals surface area contributed by atoms with Crippen LogP contribution in [0.4, 0.5) is 0 Å². The van der Waals surface area contributed by atoms with Crippen LogP contribution in [0.3, 0.4) is 0 Å². The Bertz CT molecular complexity index is 444. The normalized spacial score (nSPS) is 19.1. The molecule has 3 nitrogen and oxygen atoms in total. The van der Waals surface area contributed by atoms with Gasteiger partial charge in [-0.1, -0.05) is 30.7 Å². The minimum Gasteiger partial charge on any atom is -0.356 e. The SMILES string of the molecule is CC(CC(=O)NCCc1ccc(Cl)cc1)C1CCCNC1.Cl. The van der Waals surface area contributed by atoms with E-state index in [1.807, 2.05) is 24.3 Å². The van der Waals surface area contributed by atoms with Gasteiger partial charge in [0.05, 0.1) is 0 Å². The first-order valence-corrected chi connectivity index (χ1v) is 8.25. The predicted octanol–water partition coefficient (Wildman–Crippen LogP) is 3.45. The second kappa shape index (κ2) is 10.1. The summed E-state index contributed by atoms with van der Waals surface area (Å²) in [7, 11) is 0. The lowest BCUT2D eigenvalue weighted by molar-refractivity contribution is -0.122. The van der Waals surface area contributed by atoms with E-state index in [-0.39, 0.29) is 18.3 Å². The van der Waals surface area contributed by atoms with Gasteiger partial charge in [-0.2, -0.15) is 0 Å². The molecule has 0 aromatic heterocycles. The highest BCUT2D eigenvalue weighted by Gasteiger charge is 2.21. The molecule has 1 aliphatic heterocycles. The summed E-state index contributed by atoms with van der Waals surface area (Å²) in [6, 6.07) is 7.78. The molecule has 22 heavy (non-hydrogen) atoms. The molecule has 0 spiro atoms. The summed E-state index contributed by atoms with van der Waals surface area (Å²) >= 11 is 5.85. The maximum absolute atomic E-state index is 12.0. The molecular formula is C17H26Cl2N2O. The van der Waals surface area contributed by atoms with Crippen LogP contribution in [0, 0.1) is 11.8 Å². The number of benzene rings is 1. The van der Waals surface area contributed by atoms with Crippen molar-refractivity contribution in [3.05, 3.63) is 34.9 Å². The van der Waals surface area contributed by atoms with Crippen molar-refractivity contribution in [1.29, 1.82) is 0 Å². The van der Waals surface area contributed by atoms with Crippen molar-refractivity contribution in [2.75, 3.05) is 19.6 Å². The number of hydrogen-bond donors (Lipinski definition) is 2. The summed E-state index contributed by atoms with van der Waals surface area (Å²) in [5.41, 5.74) is 1.20. The van der Waals surface area contributed by atoms with Crippen LogP contribution in [0.1, 0.15) is 31.7 Å². The van der Waals surface area contributed by atoms with Crippen LogP contribution in [-0.2, 0) is 11.2 Å². The van der Waals surface area contributed by atoms with Crippen LogP contribution >= 0.6 is 24.0 Å². The van der Waals surface area contributed by atoms with E-state index in [2.05, 4.69) is 17.6 Å². The van der Waals surface area contributed by atoms with E-state index in [1.165, 1.54) is 18.4 Å². The largest absolute Gasteiger partial charge is 0.356 e. The molecule has 5 heteroatoms. The molecule has 0 saturated carbocycles. The molecule has 1 saturated heterocycles. The van der Waals surface area contributed by atoms with Crippen LogP contribution in [0.5, 0.6) is 0 Å². The van der Waals surface area contributed by atoms with E-state index in [4.69, 9.17) is 11.6 Å². The van der Waals surface area contributed by atoms with Gasteiger partial charge in [0.2, 0.25) is 5.91 Å². The fourth-order valence-corrected chi connectivity index (χ4v) is 3.02. The fourth-order valence-electron chi connectivity index (χ4n) is 2.89. The van der Waals surface area contributed by atoms with Crippen molar-refractivity contribution in [2.45, 2.75) is 32.6 Å². The minimum atomic E-state index is 0. The summed E-state index contributed by atoms with van der Waals surface area (Å²) in [5.74, 6) is 1.26. The second-order valence-electron chi connectivity index (χ2n) is 6.01. The van der Waals surface area contributed by atoms with Gasteiger partial charge < -0.3 is 10.6 Å². The van der Waals surface area contributed by atoms with Gasteiger partial charge >= 0.3 is 0 Å². The molecule has 2 atom stereocenters. The van der Waals surface area contributed by atoms with Gasteiger partial charge in [-0.15, -0.1) is 12.4 Å². The molecule has 2 N–H and O–H groups in total. The van der Waals surface area contributed by atoms with Crippen LogP contribution in [-0.4, -0.2) is 25.5 Å². The Hall–Kier alpha value is -0.770. The second-order valence-corrected chi connectivity index (χ2v) is 6.45. The molecule has 124 valence electrons.